The van der Waals surface area contributed by atoms with Crippen molar-refractivity contribution < 1.29 is 9.59 Å². The first-order chi connectivity index (χ1) is 15.7. The summed E-state index contributed by atoms with van der Waals surface area (Å²) >= 11 is 0. The summed E-state index contributed by atoms with van der Waals surface area (Å²) in [5.74, 6) is -0.149. The Morgan fingerprint density at radius 2 is 1.50 bits per heavy atom. The average Bonchev–Trinajstić information content (AvgIpc) is 3.23. The van der Waals surface area contributed by atoms with Gasteiger partial charge in [0.25, 0.3) is 11.8 Å². The van der Waals surface area contributed by atoms with Gasteiger partial charge in [-0.05, 0) is 11.6 Å². The first kappa shape index (κ1) is 19.9. The van der Waals surface area contributed by atoms with Crippen LogP contribution in [0.2, 0.25) is 0 Å². The summed E-state index contributed by atoms with van der Waals surface area (Å²) in [4.78, 5) is 37.6. The van der Waals surface area contributed by atoms with Gasteiger partial charge in [0.05, 0.1) is 11.8 Å². The fraction of sp³-hybridized carbons (Fsp3) is 0.200. The van der Waals surface area contributed by atoms with Crippen molar-refractivity contribution in [2.45, 2.75) is 6.54 Å². The minimum Gasteiger partial charge on any atom is -0.342 e. The summed E-state index contributed by atoms with van der Waals surface area (Å²) < 4.78 is 2.13. The van der Waals surface area contributed by atoms with Crippen molar-refractivity contribution in [2.75, 3.05) is 26.2 Å². The van der Waals surface area contributed by atoms with Gasteiger partial charge in [-0.2, -0.15) is 0 Å². The Labute approximate surface area is 185 Å². The highest BCUT2D eigenvalue weighted by molar-refractivity contribution is 6.07. The monoisotopic (exact) mass is 425 g/mol. The maximum atomic E-state index is 13.4. The molecule has 0 unspecified atom stereocenters. The Bertz CT molecular complexity index is 1250. The zero-order valence-electron chi connectivity index (χ0n) is 17.6. The smallest absolute Gasteiger partial charge is 0.274 e. The quantitative estimate of drug-likeness (QED) is 0.504. The van der Waals surface area contributed by atoms with Crippen LogP contribution in [0.25, 0.3) is 10.9 Å². The fourth-order valence-electron chi connectivity index (χ4n) is 4.18. The number of para-hydroxylation sites is 1. The molecule has 5 rings (SSSR count). The molecule has 0 aliphatic carbocycles. The summed E-state index contributed by atoms with van der Waals surface area (Å²) in [7, 11) is 0. The Hall–Kier alpha value is -4.00. The molecule has 3 heterocycles. The Morgan fingerprint density at radius 3 is 2.22 bits per heavy atom. The SMILES string of the molecule is O=C(c1cnccn1)N1CCN(C(=O)c2cn(Cc3ccccc3)c3ccccc23)CC1. The molecule has 0 bridgehead atoms. The predicted molar refractivity (Wildman–Crippen MR) is 121 cm³/mol. The van der Waals surface area contributed by atoms with Crippen LogP contribution in [-0.4, -0.2) is 62.3 Å². The second kappa shape index (κ2) is 8.63. The van der Waals surface area contributed by atoms with E-state index in [0.717, 1.165) is 10.9 Å². The number of hydrogen-bond acceptors (Lipinski definition) is 4. The van der Waals surface area contributed by atoms with Crippen LogP contribution < -0.4 is 0 Å². The molecule has 0 atom stereocenters. The molecule has 0 radical (unpaired) electrons. The van der Waals surface area contributed by atoms with Crippen LogP contribution in [0.3, 0.4) is 0 Å². The van der Waals surface area contributed by atoms with Gasteiger partial charge < -0.3 is 14.4 Å². The molecule has 7 nitrogen and oxygen atoms in total. The molecule has 1 fully saturated rings. The lowest BCUT2D eigenvalue weighted by Crippen LogP contribution is -2.50. The lowest BCUT2D eigenvalue weighted by atomic mass is 10.1. The van der Waals surface area contributed by atoms with Crippen LogP contribution in [0, 0.1) is 0 Å². The minimum atomic E-state index is -0.148. The molecular formula is C25H23N5O2. The number of piperazine rings is 1. The summed E-state index contributed by atoms with van der Waals surface area (Å²) in [6.45, 7) is 2.63. The highest BCUT2D eigenvalue weighted by Crippen LogP contribution is 2.24. The number of hydrogen-bond donors (Lipinski definition) is 0. The minimum absolute atomic E-state index is 0.000358. The lowest BCUT2D eigenvalue weighted by molar-refractivity contribution is 0.0533. The molecule has 1 aliphatic heterocycles. The van der Waals surface area contributed by atoms with Gasteiger partial charge in [0.1, 0.15) is 5.69 Å². The van der Waals surface area contributed by atoms with E-state index in [1.807, 2.05) is 53.6 Å². The molecule has 0 saturated carbocycles. The van der Waals surface area contributed by atoms with E-state index in [4.69, 9.17) is 0 Å². The van der Waals surface area contributed by atoms with Gasteiger partial charge in [0, 0.05) is 62.2 Å². The number of carbonyl (C=O) groups is 2. The van der Waals surface area contributed by atoms with Crippen LogP contribution in [0.5, 0.6) is 0 Å². The van der Waals surface area contributed by atoms with Crippen molar-refractivity contribution in [2.24, 2.45) is 0 Å². The maximum Gasteiger partial charge on any atom is 0.274 e. The number of rotatable bonds is 4. The molecule has 4 aromatic rings. The summed E-state index contributed by atoms with van der Waals surface area (Å²) in [5, 5.41) is 0.950. The van der Waals surface area contributed by atoms with Gasteiger partial charge in [0.15, 0.2) is 0 Å². The van der Waals surface area contributed by atoms with Crippen molar-refractivity contribution in [3.63, 3.8) is 0 Å². The Balaban J connectivity index is 1.34. The Morgan fingerprint density at radius 1 is 0.812 bits per heavy atom. The number of nitrogens with zero attached hydrogens (tertiary/aromatic N) is 5. The largest absolute Gasteiger partial charge is 0.342 e. The topological polar surface area (TPSA) is 71.3 Å². The maximum absolute atomic E-state index is 13.4. The zero-order chi connectivity index (χ0) is 21.9. The molecule has 2 amide bonds. The van der Waals surface area contributed by atoms with E-state index < -0.39 is 0 Å². The summed E-state index contributed by atoms with van der Waals surface area (Å²) in [6.07, 6.45) is 6.48. The number of benzene rings is 2. The molecule has 1 aliphatic rings. The van der Waals surface area contributed by atoms with Gasteiger partial charge in [-0.25, -0.2) is 4.98 Å². The van der Waals surface area contributed by atoms with Crippen LogP contribution in [0.4, 0.5) is 0 Å². The van der Waals surface area contributed by atoms with Gasteiger partial charge in [-0.1, -0.05) is 48.5 Å². The van der Waals surface area contributed by atoms with Crippen molar-refractivity contribution >= 4 is 22.7 Å². The number of aromatic nitrogens is 3. The van der Waals surface area contributed by atoms with Crippen molar-refractivity contribution in [1.29, 1.82) is 0 Å². The standard InChI is InChI=1S/C25H23N5O2/c31-24(28-12-14-29(15-13-28)25(32)22-16-26-10-11-27-22)21-18-30(17-19-6-2-1-3-7-19)23-9-5-4-8-20(21)23/h1-11,16,18H,12-15,17H2. The molecule has 1 saturated heterocycles. The van der Waals surface area contributed by atoms with Crippen LogP contribution in [0.1, 0.15) is 26.4 Å². The molecular weight excluding hydrogens is 402 g/mol. The van der Waals surface area contributed by atoms with E-state index in [2.05, 4.69) is 26.7 Å². The lowest BCUT2D eigenvalue weighted by Gasteiger charge is -2.34. The normalized spacial score (nSPS) is 14.0. The molecule has 0 N–H and O–H groups in total. The average molecular weight is 425 g/mol. The predicted octanol–water partition coefficient (Wildman–Crippen LogP) is 3.08. The third kappa shape index (κ3) is 3.85. The molecule has 2 aromatic carbocycles. The first-order valence-corrected chi connectivity index (χ1v) is 10.7. The summed E-state index contributed by atoms with van der Waals surface area (Å²) in [6, 6.07) is 18.2. The van der Waals surface area contributed by atoms with Crippen LogP contribution in [0.15, 0.2) is 79.4 Å². The number of amides is 2. The molecule has 0 spiro atoms. The Kier molecular flexibility index (Phi) is 5.37. The van der Waals surface area contributed by atoms with Crippen molar-refractivity contribution in [3.05, 3.63) is 96.2 Å². The molecule has 7 heteroatoms. The van der Waals surface area contributed by atoms with Crippen LogP contribution >= 0.6 is 0 Å². The second-order valence-corrected chi connectivity index (χ2v) is 7.85. The number of fused-ring (bicyclic) bond motifs is 1. The summed E-state index contributed by atoms with van der Waals surface area (Å²) in [5.41, 5.74) is 3.25. The molecule has 160 valence electrons. The van der Waals surface area contributed by atoms with E-state index in [1.54, 1.807) is 11.1 Å². The highest BCUT2D eigenvalue weighted by atomic mass is 16.2. The van der Waals surface area contributed by atoms with Gasteiger partial charge >= 0.3 is 0 Å². The van der Waals surface area contributed by atoms with Crippen LogP contribution in [-0.2, 0) is 6.54 Å². The highest BCUT2D eigenvalue weighted by Gasteiger charge is 2.27. The number of carbonyl (C=O) groups excluding carboxylic acids is 2. The molecule has 32 heavy (non-hydrogen) atoms. The second-order valence-electron chi connectivity index (χ2n) is 7.85. The van der Waals surface area contributed by atoms with Gasteiger partial charge in [0.2, 0.25) is 0 Å². The third-order valence-corrected chi connectivity index (χ3v) is 5.85. The van der Waals surface area contributed by atoms with E-state index in [-0.39, 0.29) is 11.8 Å². The van der Waals surface area contributed by atoms with Crippen molar-refractivity contribution in [1.82, 2.24) is 24.3 Å². The van der Waals surface area contributed by atoms with Crippen molar-refractivity contribution in [3.8, 4) is 0 Å². The van der Waals surface area contributed by atoms with E-state index in [1.165, 1.54) is 18.0 Å². The third-order valence-electron chi connectivity index (χ3n) is 5.85. The zero-order valence-corrected chi connectivity index (χ0v) is 17.6. The van der Waals surface area contributed by atoms with E-state index >= 15 is 0 Å². The van der Waals surface area contributed by atoms with Gasteiger partial charge in [-0.15, -0.1) is 0 Å². The molecule has 2 aromatic heterocycles. The first-order valence-electron chi connectivity index (χ1n) is 10.7. The fourth-order valence-corrected chi connectivity index (χ4v) is 4.18. The van der Waals surface area contributed by atoms with Gasteiger partial charge in [-0.3, -0.25) is 14.6 Å². The van der Waals surface area contributed by atoms with E-state index in [9.17, 15) is 9.59 Å². The van der Waals surface area contributed by atoms with E-state index in [0.29, 0.717) is 44.0 Å².